The van der Waals surface area contributed by atoms with Crippen LogP contribution in [0.15, 0.2) is 76.3 Å². The second kappa shape index (κ2) is 7.82. The Morgan fingerprint density at radius 1 is 1.06 bits per heavy atom. The van der Waals surface area contributed by atoms with Gasteiger partial charge in [-0.2, -0.15) is 0 Å². The summed E-state index contributed by atoms with van der Waals surface area (Å²) in [5, 5.41) is 0.605. The molecule has 2 heterocycles. The number of Topliss-reactive ketones (excluding diaryl/α,β-unsaturated/α-hetero) is 1. The third kappa shape index (κ3) is 3.49. The molecule has 1 aromatic heterocycles. The lowest BCUT2D eigenvalue weighted by Crippen LogP contribution is -2.45. The average molecular weight is 433 g/mol. The number of para-hydroxylation sites is 2. The number of amides is 1. The molecule has 0 spiro atoms. The summed E-state index contributed by atoms with van der Waals surface area (Å²) in [5.74, 6) is 0.136. The molecule has 1 aliphatic heterocycles. The van der Waals surface area contributed by atoms with Gasteiger partial charge in [-0.25, -0.2) is 0 Å². The van der Waals surface area contributed by atoms with Crippen LogP contribution in [0.2, 0.25) is 5.02 Å². The van der Waals surface area contributed by atoms with Gasteiger partial charge in [-0.05, 0) is 48.4 Å². The number of benzene rings is 2. The first kappa shape index (κ1) is 19.8. The van der Waals surface area contributed by atoms with E-state index in [2.05, 4.69) is 0 Å². The van der Waals surface area contributed by atoms with Gasteiger partial charge in [0.25, 0.3) is 0 Å². The molecule has 3 atom stereocenters. The zero-order valence-electron chi connectivity index (χ0n) is 17.0. The molecule has 1 amide bonds. The third-order valence-corrected chi connectivity index (χ3v) is 6.36. The van der Waals surface area contributed by atoms with Crippen molar-refractivity contribution in [3.8, 4) is 0 Å². The van der Waals surface area contributed by atoms with Crippen molar-refractivity contribution >= 4 is 40.4 Å². The van der Waals surface area contributed by atoms with Gasteiger partial charge in [-0.1, -0.05) is 35.9 Å². The molecule has 5 nitrogen and oxygen atoms in total. The SMILES string of the molecule is CC(=O)N1c2ccccc2N=C2CC(c3ccco3)CC(=O)C2C1c1ccc(Cl)cc1. The Labute approximate surface area is 185 Å². The maximum Gasteiger partial charge on any atom is 0.224 e. The van der Waals surface area contributed by atoms with Gasteiger partial charge in [0, 0.05) is 30.0 Å². The molecule has 3 unspecified atom stereocenters. The van der Waals surface area contributed by atoms with Gasteiger partial charge in [0.15, 0.2) is 0 Å². The molecule has 156 valence electrons. The molecule has 2 aliphatic rings. The van der Waals surface area contributed by atoms with Crippen LogP contribution < -0.4 is 4.90 Å². The highest BCUT2D eigenvalue weighted by molar-refractivity contribution is 6.30. The fourth-order valence-corrected chi connectivity index (χ4v) is 4.91. The molecule has 0 N–H and O–H groups in total. The summed E-state index contributed by atoms with van der Waals surface area (Å²) in [5.41, 5.74) is 3.05. The number of hydrogen-bond acceptors (Lipinski definition) is 4. The Morgan fingerprint density at radius 2 is 1.84 bits per heavy atom. The molecular weight excluding hydrogens is 412 g/mol. The van der Waals surface area contributed by atoms with Crippen LogP contribution >= 0.6 is 11.6 Å². The molecule has 0 bridgehead atoms. The summed E-state index contributed by atoms with van der Waals surface area (Å²) in [6, 6.07) is 18.2. The standard InChI is InChI=1S/C25H21ClN2O3/c1-15(29)28-21-6-3-2-5-19(21)27-20-13-17(23-7-4-12-31-23)14-22(30)24(20)25(28)16-8-10-18(26)11-9-16/h2-12,17,24-25H,13-14H2,1H3. The maximum absolute atomic E-state index is 13.6. The van der Waals surface area contributed by atoms with Gasteiger partial charge >= 0.3 is 0 Å². The minimum atomic E-state index is -0.524. The van der Waals surface area contributed by atoms with E-state index in [1.165, 1.54) is 6.92 Å². The summed E-state index contributed by atoms with van der Waals surface area (Å²) < 4.78 is 5.60. The minimum Gasteiger partial charge on any atom is -0.469 e. The van der Waals surface area contributed by atoms with Crippen molar-refractivity contribution in [3.63, 3.8) is 0 Å². The van der Waals surface area contributed by atoms with Gasteiger partial charge in [-0.15, -0.1) is 0 Å². The molecular formula is C25H21ClN2O3. The average Bonchev–Trinajstić information content (AvgIpc) is 3.24. The highest BCUT2D eigenvalue weighted by Crippen LogP contribution is 2.47. The Kier molecular flexibility index (Phi) is 4.98. The number of carbonyl (C=O) groups excluding carboxylic acids is 2. The Bertz CT molecular complexity index is 1170. The first-order chi connectivity index (χ1) is 15.0. The van der Waals surface area contributed by atoms with Crippen LogP contribution in [0.1, 0.15) is 43.0 Å². The van der Waals surface area contributed by atoms with Crippen molar-refractivity contribution in [2.45, 2.75) is 31.7 Å². The number of rotatable bonds is 2. The van der Waals surface area contributed by atoms with Crippen LogP contribution in [0, 0.1) is 5.92 Å². The molecule has 0 radical (unpaired) electrons. The summed E-state index contributed by atoms with van der Waals surface area (Å²) in [6.45, 7) is 1.53. The van der Waals surface area contributed by atoms with Crippen molar-refractivity contribution < 1.29 is 14.0 Å². The smallest absolute Gasteiger partial charge is 0.224 e. The van der Waals surface area contributed by atoms with Crippen molar-refractivity contribution in [1.82, 2.24) is 0 Å². The number of hydrogen-bond donors (Lipinski definition) is 0. The van der Waals surface area contributed by atoms with Gasteiger partial charge < -0.3 is 9.32 Å². The molecule has 1 saturated carbocycles. The van der Waals surface area contributed by atoms with Crippen molar-refractivity contribution in [2.24, 2.45) is 10.9 Å². The van der Waals surface area contributed by atoms with E-state index >= 15 is 0 Å². The van der Waals surface area contributed by atoms with E-state index < -0.39 is 12.0 Å². The number of halogens is 1. The Hall–Kier alpha value is -3.18. The second-order valence-corrected chi connectivity index (χ2v) is 8.48. The van der Waals surface area contributed by atoms with Gasteiger partial charge in [0.05, 0.1) is 29.6 Å². The molecule has 1 aliphatic carbocycles. The zero-order chi connectivity index (χ0) is 21.5. The normalized spacial score (nSPS) is 22.9. The lowest BCUT2D eigenvalue weighted by atomic mass is 9.73. The molecule has 6 heteroatoms. The van der Waals surface area contributed by atoms with Gasteiger partial charge in [-0.3, -0.25) is 14.6 Å². The second-order valence-electron chi connectivity index (χ2n) is 8.04. The van der Waals surface area contributed by atoms with Crippen LogP contribution in [0.3, 0.4) is 0 Å². The molecule has 5 rings (SSSR count). The molecule has 1 fully saturated rings. The zero-order valence-corrected chi connectivity index (χ0v) is 17.8. The third-order valence-electron chi connectivity index (χ3n) is 6.10. The van der Waals surface area contributed by atoms with E-state index in [0.717, 1.165) is 17.0 Å². The first-order valence-corrected chi connectivity index (χ1v) is 10.7. The minimum absolute atomic E-state index is 0.0561. The van der Waals surface area contributed by atoms with Crippen LogP contribution in [0.5, 0.6) is 0 Å². The fraction of sp³-hybridized carbons (Fsp3) is 0.240. The van der Waals surface area contributed by atoms with E-state index in [9.17, 15) is 9.59 Å². The number of anilines is 1. The highest BCUT2D eigenvalue weighted by atomic mass is 35.5. The lowest BCUT2D eigenvalue weighted by molar-refractivity contribution is -0.123. The largest absolute Gasteiger partial charge is 0.469 e. The van der Waals surface area contributed by atoms with Crippen LogP contribution in [0.4, 0.5) is 11.4 Å². The number of fused-ring (bicyclic) bond motifs is 2. The van der Waals surface area contributed by atoms with Gasteiger partial charge in [0.2, 0.25) is 5.91 Å². The summed E-state index contributed by atoms with van der Waals surface area (Å²) >= 11 is 6.12. The van der Waals surface area contributed by atoms with Crippen molar-refractivity contribution in [2.75, 3.05) is 4.90 Å². The molecule has 0 saturated heterocycles. The van der Waals surface area contributed by atoms with Crippen molar-refractivity contribution in [3.05, 3.63) is 83.3 Å². The summed E-state index contributed by atoms with van der Waals surface area (Å²) in [6.07, 6.45) is 2.58. The summed E-state index contributed by atoms with van der Waals surface area (Å²) in [4.78, 5) is 33.1. The topological polar surface area (TPSA) is 62.9 Å². The van der Waals surface area contributed by atoms with Crippen LogP contribution in [-0.4, -0.2) is 17.4 Å². The quantitative estimate of drug-likeness (QED) is 0.508. The van der Waals surface area contributed by atoms with E-state index in [0.29, 0.717) is 29.2 Å². The predicted octanol–water partition coefficient (Wildman–Crippen LogP) is 5.88. The van der Waals surface area contributed by atoms with E-state index in [4.69, 9.17) is 21.0 Å². The Balaban J connectivity index is 1.69. The monoisotopic (exact) mass is 432 g/mol. The van der Waals surface area contributed by atoms with E-state index in [-0.39, 0.29) is 17.6 Å². The van der Waals surface area contributed by atoms with Gasteiger partial charge in [0.1, 0.15) is 11.5 Å². The van der Waals surface area contributed by atoms with E-state index in [1.54, 1.807) is 23.3 Å². The molecule has 2 aromatic carbocycles. The number of ketones is 1. The maximum atomic E-state index is 13.6. The van der Waals surface area contributed by atoms with Crippen molar-refractivity contribution in [1.29, 1.82) is 0 Å². The highest BCUT2D eigenvalue weighted by Gasteiger charge is 2.46. The fourth-order valence-electron chi connectivity index (χ4n) is 4.79. The predicted molar refractivity (Wildman–Crippen MR) is 120 cm³/mol. The molecule has 3 aromatic rings. The van der Waals surface area contributed by atoms with E-state index in [1.807, 2.05) is 48.5 Å². The van der Waals surface area contributed by atoms with Crippen LogP contribution in [-0.2, 0) is 9.59 Å². The summed E-state index contributed by atoms with van der Waals surface area (Å²) in [7, 11) is 0. The first-order valence-electron chi connectivity index (χ1n) is 10.3. The lowest BCUT2D eigenvalue weighted by Gasteiger charge is -2.38. The number of nitrogens with zero attached hydrogens (tertiary/aromatic N) is 2. The Morgan fingerprint density at radius 3 is 2.55 bits per heavy atom. The molecule has 31 heavy (non-hydrogen) atoms. The number of furan rings is 1. The number of carbonyl (C=O) groups is 2. The number of aliphatic imine (C=N–C) groups is 1. The van der Waals surface area contributed by atoms with Crippen LogP contribution in [0.25, 0.3) is 0 Å².